The predicted octanol–water partition coefficient (Wildman–Crippen LogP) is 2.89. The van der Waals surface area contributed by atoms with E-state index in [0.29, 0.717) is 5.56 Å². The van der Waals surface area contributed by atoms with Crippen LogP contribution in [0, 0.1) is 11.6 Å². The van der Waals surface area contributed by atoms with Gasteiger partial charge in [0.15, 0.2) is 11.6 Å². The van der Waals surface area contributed by atoms with Gasteiger partial charge in [-0.15, -0.1) is 0 Å². The fourth-order valence-corrected chi connectivity index (χ4v) is 1.74. The zero-order chi connectivity index (χ0) is 13.8. The van der Waals surface area contributed by atoms with Gasteiger partial charge in [-0.1, -0.05) is 12.1 Å². The quantitative estimate of drug-likeness (QED) is 0.892. The van der Waals surface area contributed by atoms with E-state index < -0.39 is 18.0 Å². The summed E-state index contributed by atoms with van der Waals surface area (Å²) in [5.74, 6) is -0.774. The van der Waals surface area contributed by atoms with Gasteiger partial charge in [0.2, 0.25) is 0 Å². The summed E-state index contributed by atoms with van der Waals surface area (Å²) < 4.78 is 26.2. The second-order valence-electron chi connectivity index (χ2n) is 4.26. The number of aliphatic hydroxyl groups excluding tert-OH is 1. The lowest BCUT2D eigenvalue weighted by atomic mass is 10.0. The third kappa shape index (κ3) is 3.26. The maximum Gasteiger partial charge on any atom is 0.165 e. The van der Waals surface area contributed by atoms with Crippen LogP contribution in [0.4, 0.5) is 14.6 Å². The number of anilines is 1. The van der Waals surface area contributed by atoms with Crippen molar-refractivity contribution >= 4 is 5.82 Å². The minimum Gasteiger partial charge on any atom is -0.386 e. The number of aliphatic hydroxyl groups is 1. The topological polar surface area (TPSA) is 45.2 Å². The number of nitrogens with zero attached hydrogens (tertiary/aromatic N) is 1. The van der Waals surface area contributed by atoms with E-state index in [1.165, 1.54) is 42.6 Å². The molecule has 5 heteroatoms. The van der Waals surface area contributed by atoms with Gasteiger partial charge in [0.1, 0.15) is 5.82 Å². The molecule has 1 aromatic heterocycles. The van der Waals surface area contributed by atoms with E-state index in [1.54, 1.807) is 6.92 Å². The Labute approximate surface area is 109 Å². The van der Waals surface area contributed by atoms with Crippen molar-refractivity contribution in [3.05, 3.63) is 59.8 Å². The van der Waals surface area contributed by atoms with Crippen molar-refractivity contribution in [1.29, 1.82) is 0 Å². The summed E-state index contributed by atoms with van der Waals surface area (Å²) in [4.78, 5) is 3.85. The summed E-state index contributed by atoms with van der Waals surface area (Å²) in [5.41, 5.74) is 0.553. The van der Waals surface area contributed by atoms with Crippen molar-refractivity contribution in [3.63, 3.8) is 0 Å². The lowest BCUT2D eigenvalue weighted by molar-refractivity contribution is 0.160. The van der Waals surface area contributed by atoms with Crippen molar-refractivity contribution in [2.24, 2.45) is 0 Å². The average Bonchev–Trinajstić information content (AvgIpc) is 2.41. The van der Waals surface area contributed by atoms with Crippen molar-refractivity contribution in [2.75, 3.05) is 5.32 Å². The maximum atomic E-state index is 13.4. The molecule has 2 N–H and O–H groups in total. The van der Waals surface area contributed by atoms with Crippen LogP contribution in [0.1, 0.15) is 18.6 Å². The monoisotopic (exact) mass is 264 g/mol. The van der Waals surface area contributed by atoms with Crippen LogP contribution in [0.15, 0.2) is 42.6 Å². The average molecular weight is 264 g/mol. The van der Waals surface area contributed by atoms with Gasteiger partial charge in [0, 0.05) is 6.20 Å². The van der Waals surface area contributed by atoms with Gasteiger partial charge in [0.05, 0.1) is 12.1 Å². The molecule has 19 heavy (non-hydrogen) atoms. The molecule has 0 saturated heterocycles. The number of halogens is 2. The van der Waals surface area contributed by atoms with Crippen molar-refractivity contribution in [1.82, 2.24) is 4.98 Å². The van der Waals surface area contributed by atoms with E-state index in [1.807, 2.05) is 0 Å². The first-order valence-electron chi connectivity index (χ1n) is 5.88. The second kappa shape index (κ2) is 5.75. The molecule has 0 aliphatic carbocycles. The SMILES string of the molecule is C[C@@H](Nc1ncccc1F)[C@@H](O)c1ccc(F)cc1. The van der Waals surface area contributed by atoms with Crippen molar-refractivity contribution in [3.8, 4) is 0 Å². The first-order valence-corrected chi connectivity index (χ1v) is 5.88. The number of aromatic nitrogens is 1. The second-order valence-corrected chi connectivity index (χ2v) is 4.26. The van der Waals surface area contributed by atoms with E-state index in [0.717, 1.165) is 0 Å². The van der Waals surface area contributed by atoms with Gasteiger partial charge < -0.3 is 10.4 Å². The molecule has 0 radical (unpaired) electrons. The molecule has 2 aromatic rings. The molecule has 0 amide bonds. The Bertz CT molecular complexity index is 545. The molecular formula is C14H14F2N2O. The molecule has 0 bridgehead atoms. The van der Waals surface area contributed by atoms with Crippen molar-refractivity contribution in [2.45, 2.75) is 19.1 Å². The predicted molar refractivity (Wildman–Crippen MR) is 68.6 cm³/mol. The molecular weight excluding hydrogens is 250 g/mol. The standard InChI is InChI=1S/C14H14F2N2O/c1-9(18-14-12(16)3-2-8-17-14)13(19)10-4-6-11(15)7-5-10/h2-9,13,19H,1H3,(H,17,18)/t9-,13-/m1/s1. The van der Waals surface area contributed by atoms with Gasteiger partial charge in [-0.05, 0) is 36.8 Å². The molecule has 3 nitrogen and oxygen atoms in total. The molecule has 2 atom stereocenters. The summed E-state index contributed by atoms with van der Waals surface area (Å²) in [6.45, 7) is 1.70. The Morgan fingerprint density at radius 3 is 2.47 bits per heavy atom. The highest BCUT2D eigenvalue weighted by Gasteiger charge is 2.17. The van der Waals surface area contributed by atoms with Gasteiger partial charge in [-0.3, -0.25) is 0 Å². The fourth-order valence-electron chi connectivity index (χ4n) is 1.74. The first kappa shape index (κ1) is 13.4. The molecule has 0 spiro atoms. The van der Waals surface area contributed by atoms with E-state index in [-0.39, 0.29) is 11.6 Å². The Morgan fingerprint density at radius 2 is 1.84 bits per heavy atom. The minimum absolute atomic E-state index is 0.0798. The number of hydrogen-bond donors (Lipinski definition) is 2. The van der Waals surface area contributed by atoms with E-state index in [9.17, 15) is 13.9 Å². The molecule has 1 heterocycles. The molecule has 0 aliphatic rings. The Kier molecular flexibility index (Phi) is 4.06. The molecule has 0 saturated carbocycles. The van der Waals surface area contributed by atoms with Crippen molar-refractivity contribution < 1.29 is 13.9 Å². The summed E-state index contributed by atoms with van der Waals surface area (Å²) in [6.07, 6.45) is 0.574. The molecule has 0 unspecified atom stereocenters. The molecule has 2 rings (SSSR count). The maximum absolute atomic E-state index is 13.4. The Morgan fingerprint density at radius 1 is 1.16 bits per heavy atom. The van der Waals surface area contributed by atoms with Crippen LogP contribution >= 0.6 is 0 Å². The van der Waals surface area contributed by atoms with Gasteiger partial charge in [-0.2, -0.15) is 0 Å². The first-order chi connectivity index (χ1) is 9.08. The van der Waals surface area contributed by atoms with Crippen LogP contribution in [0.25, 0.3) is 0 Å². The number of benzene rings is 1. The fraction of sp³-hybridized carbons (Fsp3) is 0.214. The third-order valence-corrected chi connectivity index (χ3v) is 2.81. The molecule has 0 fully saturated rings. The summed E-state index contributed by atoms with van der Waals surface area (Å²) in [5, 5.41) is 12.9. The Balaban J connectivity index is 2.09. The summed E-state index contributed by atoms with van der Waals surface area (Å²) in [7, 11) is 0. The normalized spacial score (nSPS) is 13.9. The molecule has 100 valence electrons. The van der Waals surface area contributed by atoms with Crippen LogP contribution < -0.4 is 5.32 Å². The van der Waals surface area contributed by atoms with Crippen LogP contribution in [0.5, 0.6) is 0 Å². The number of hydrogen-bond acceptors (Lipinski definition) is 3. The lowest BCUT2D eigenvalue weighted by Gasteiger charge is -2.21. The number of pyridine rings is 1. The van der Waals surface area contributed by atoms with E-state index in [4.69, 9.17) is 0 Å². The lowest BCUT2D eigenvalue weighted by Crippen LogP contribution is -2.25. The zero-order valence-electron chi connectivity index (χ0n) is 10.3. The molecule has 0 aliphatic heterocycles. The number of nitrogens with one attached hydrogen (secondary N) is 1. The molecule has 1 aromatic carbocycles. The Hall–Kier alpha value is -2.01. The minimum atomic E-state index is -0.887. The third-order valence-electron chi connectivity index (χ3n) is 2.81. The van der Waals surface area contributed by atoms with Crippen LogP contribution in [-0.4, -0.2) is 16.1 Å². The van der Waals surface area contributed by atoms with Crippen LogP contribution in [-0.2, 0) is 0 Å². The van der Waals surface area contributed by atoms with E-state index in [2.05, 4.69) is 10.3 Å². The highest BCUT2D eigenvalue weighted by atomic mass is 19.1. The highest BCUT2D eigenvalue weighted by Crippen LogP contribution is 2.20. The smallest absolute Gasteiger partial charge is 0.165 e. The van der Waals surface area contributed by atoms with Crippen LogP contribution in [0.2, 0.25) is 0 Å². The van der Waals surface area contributed by atoms with E-state index >= 15 is 0 Å². The summed E-state index contributed by atoms with van der Waals surface area (Å²) >= 11 is 0. The largest absolute Gasteiger partial charge is 0.386 e. The van der Waals surface area contributed by atoms with Crippen LogP contribution in [0.3, 0.4) is 0 Å². The number of rotatable bonds is 4. The summed E-state index contributed by atoms with van der Waals surface area (Å²) in [6, 6.07) is 7.84. The van der Waals surface area contributed by atoms with Gasteiger partial charge in [-0.25, -0.2) is 13.8 Å². The highest BCUT2D eigenvalue weighted by molar-refractivity contribution is 5.37. The zero-order valence-corrected chi connectivity index (χ0v) is 10.3. The van der Waals surface area contributed by atoms with Gasteiger partial charge >= 0.3 is 0 Å². The van der Waals surface area contributed by atoms with Gasteiger partial charge in [0.25, 0.3) is 0 Å².